The van der Waals surface area contributed by atoms with E-state index < -0.39 is 5.97 Å². The zero-order valence-corrected chi connectivity index (χ0v) is 13.3. The summed E-state index contributed by atoms with van der Waals surface area (Å²) in [4.78, 5) is 15.7. The van der Waals surface area contributed by atoms with Crippen LogP contribution in [0.4, 0.5) is 11.5 Å². The molecular weight excluding hydrogens is 311 g/mol. The molecule has 0 aliphatic rings. The number of hydrogen-bond donors (Lipinski definition) is 2. The fourth-order valence-corrected chi connectivity index (χ4v) is 2.55. The van der Waals surface area contributed by atoms with Crippen LogP contribution in [0.3, 0.4) is 0 Å². The molecule has 6 heteroatoms. The van der Waals surface area contributed by atoms with Crippen molar-refractivity contribution in [3.05, 3.63) is 50.6 Å². The molecule has 2 N–H and O–H groups in total. The van der Waals surface area contributed by atoms with Crippen LogP contribution in [0.1, 0.15) is 27.2 Å². The lowest BCUT2D eigenvalue weighted by Crippen LogP contribution is -2.09. The topological polar surface area (TPSA) is 62.2 Å². The number of halogens is 2. The van der Waals surface area contributed by atoms with Gasteiger partial charge in [-0.2, -0.15) is 0 Å². The highest BCUT2D eigenvalue weighted by Crippen LogP contribution is 2.35. The number of aromatic nitrogens is 1. The Labute approximate surface area is 132 Å². The number of aromatic carboxylic acids is 1. The van der Waals surface area contributed by atoms with Crippen molar-refractivity contribution in [2.45, 2.75) is 20.8 Å². The predicted molar refractivity (Wildman–Crippen MR) is 85.2 cm³/mol. The Morgan fingerprint density at radius 2 is 1.86 bits per heavy atom. The van der Waals surface area contributed by atoms with E-state index in [9.17, 15) is 9.90 Å². The van der Waals surface area contributed by atoms with Crippen LogP contribution in [0.2, 0.25) is 10.0 Å². The molecule has 0 aliphatic carbocycles. The number of nitrogens with one attached hydrogen (secondary N) is 1. The largest absolute Gasteiger partial charge is 0.478 e. The first-order valence-corrected chi connectivity index (χ1v) is 7.00. The molecule has 0 spiro atoms. The van der Waals surface area contributed by atoms with Gasteiger partial charge in [-0.25, -0.2) is 9.78 Å². The van der Waals surface area contributed by atoms with Gasteiger partial charge in [0.05, 0.1) is 15.7 Å². The molecule has 0 atom stereocenters. The molecule has 2 aromatic rings. The maximum atomic E-state index is 11.4. The first kappa shape index (κ1) is 15.6. The second kappa shape index (κ2) is 5.92. The van der Waals surface area contributed by atoms with E-state index in [1.165, 1.54) is 0 Å². The third-order valence-electron chi connectivity index (χ3n) is 3.09. The summed E-state index contributed by atoms with van der Waals surface area (Å²) >= 11 is 12.4. The maximum absolute atomic E-state index is 11.4. The summed E-state index contributed by atoms with van der Waals surface area (Å²) in [5.41, 5.74) is 2.73. The van der Waals surface area contributed by atoms with Crippen molar-refractivity contribution in [2.75, 3.05) is 5.32 Å². The summed E-state index contributed by atoms with van der Waals surface area (Å²) in [6.07, 6.45) is 0. The minimum Gasteiger partial charge on any atom is -0.478 e. The highest BCUT2D eigenvalue weighted by atomic mass is 35.5. The number of aryl methyl sites for hydroxylation is 3. The van der Waals surface area contributed by atoms with Gasteiger partial charge in [-0.1, -0.05) is 29.3 Å². The molecule has 21 heavy (non-hydrogen) atoms. The van der Waals surface area contributed by atoms with Gasteiger partial charge in [-0.15, -0.1) is 0 Å². The van der Waals surface area contributed by atoms with Gasteiger partial charge in [0, 0.05) is 5.69 Å². The van der Waals surface area contributed by atoms with Crippen LogP contribution >= 0.6 is 23.2 Å². The monoisotopic (exact) mass is 324 g/mol. The Morgan fingerprint density at radius 1 is 1.19 bits per heavy atom. The number of carbonyl (C=O) groups is 1. The summed E-state index contributed by atoms with van der Waals surface area (Å²) in [5.74, 6) is -0.822. The molecule has 0 unspecified atom stereocenters. The van der Waals surface area contributed by atoms with Crippen molar-refractivity contribution in [2.24, 2.45) is 0 Å². The summed E-state index contributed by atoms with van der Waals surface area (Å²) < 4.78 is 0. The number of nitrogens with zero attached hydrogens (tertiary/aromatic N) is 1. The number of carboxylic acid groups (broad SMARTS) is 1. The van der Waals surface area contributed by atoms with Crippen LogP contribution in [0.5, 0.6) is 0 Å². The Balaban J connectivity index is 2.60. The highest BCUT2D eigenvalue weighted by Gasteiger charge is 2.18. The molecule has 110 valence electrons. The van der Waals surface area contributed by atoms with E-state index in [2.05, 4.69) is 10.3 Å². The van der Waals surface area contributed by atoms with Crippen molar-refractivity contribution in [3.63, 3.8) is 0 Å². The van der Waals surface area contributed by atoms with Gasteiger partial charge in [0.2, 0.25) is 0 Å². The Hall–Kier alpha value is -1.78. The van der Waals surface area contributed by atoms with Gasteiger partial charge in [-0.3, -0.25) is 0 Å². The van der Waals surface area contributed by atoms with Crippen molar-refractivity contribution in [1.29, 1.82) is 0 Å². The van der Waals surface area contributed by atoms with Crippen LogP contribution < -0.4 is 5.32 Å². The zero-order valence-electron chi connectivity index (χ0n) is 11.8. The Morgan fingerprint density at radius 3 is 2.48 bits per heavy atom. The smallest absolute Gasteiger partial charge is 0.339 e. The fraction of sp³-hybridized carbons (Fsp3) is 0.200. The number of rotatable bonds is 3. The Kier molecular flexibility index (Phi) is 4.40. The molecule has 0 bridgehead atoms. The number of hydrogen-bond acceptors (Lipinski definition) is 3. The van der Waals surface area contributed by atoms with E-state index in [1.54, 1.807) is 32.0 Å². The molecule has 0 amide bonds. The van der Waals surface area contributed by atoms with E-state index in [-0.39, 0.29) is 11.4 Å². The highest BCUT2D eigenvalue weighted by molar-refractivity contribution is 6.39. The summed E-state index contributed by atoms with van der Waals surface area (Å²) in [5, 5.41) is 13.2. The zero-order chi connectivity index (χ0) is 15.7. The van der Waals surface area contributed by atoms with Crippen LogP contribution in [-0.4, -0.2) is 16.1 Å². The molecule has 4 nitrogen and oxygen atoms in total. The van der Waals surface area contributed by atoms with Gasteiger partial charge < -0.3 is 10.4 Å². The quantitative estimate of drug-likeness (QED) is 0.854. The molecule has 0 saturated heterocycles. The van der Waals surface area contributed by atoms with E-state index in [0.717, 1.165) is 5.56 Å². The number of carboxylic acids is 1. The minimum atomic E-state index is -1.05. The molecule has 1 aromatic carbocycles. The summed E-state index contributed by atoms with van der Waals surface area (Å²) in [6, 6.07) is 5.21. The lowest BCUT2D eigenvalue weighted by molar-refractivity contribution is 0.0697. The summed E-state index contributed by atoms with van der Waals surface area (Å²) in [7, 11) is 0. The molecule has 0 aliphatic heterocycles. The molecule has 0 fully saturated rings. The molecular formula is C15H14Cl2N2O2. The van der Waals surface area contributed by atoms with Crippen molar-refractivity contribution in [3.8, 4) is 0 Å². The first-order valence-electron chi connectivity index (χ1n) is 6.24. The van der Waals surface area contributed by atoms with E-state index in [4.69, 9.17) is 23.2 Å². The van der Waals surface area contributed by atoms with Crippen molar-refractivity contribution < 1.29 is 9.90 Å². The number of benzene rings is 1. The SMILES string of the molecule is Cc1cc(C)c(C(=O)O)c(Nc2c(Cl)ccc(C)c2Cl)n1. The van der Waals surface area contributed by atoms with Crippen LogP contribution in [0, 0.1) is 20.8 Å². The summed E-state index contributed by atoms with van der Waals surface area (Å²) in [6.45, 7) is 5.36. The lowest BCUT2D eigenvalue weighted by atomic mass is 10.1. The first-order chi connectivity index (χ1) is 9.81. The molecule has 2 rings (SSSR count). The average molecular weight is 325 g/mol. The van der Waals surface area contributed by atoms with Crippen molar-refractivity contribution in [1.82, 2.24) is 4.98 Å². The van der Waals surface area contributed by atoms with Crippen LogP contribution in [0.15, 0.2) is 18.2 Å². The third kappa shape index (κ3) is 3.12. The number of anilines is 2. The molecule has 0 saturated carbocycles. The second-order valence-corrected chi connectivity index (χ2v) is 5.57. The normalized spacial score (nSPS) is 10.5. The predicted octanol–water partition coefficient (Wildman–Crippen LogP) is 4.76. The minimum absolute atomic E-state index is 0.106. The Bertz CT molecular complexity index is 730. The van der Waals surface area contributed by atoms with E-state index >= 15 is 0 Å². The standard InChI is InChI=1S/C15H14Cl2N2O2/c1-7-4-5-10(16)13(12(7)17)19-14-11(15(20)21)8(2)6-9(3)18-14/h4-6H,1-3H3,(H,18,19)(H,20,21). The lowest BCUT2D eigenvalue weighted by Gasteiger charge is -2.15. The second-order valence-electron chi connectivity index (χ2n) is 4.79. The van der Waals surface area contributed by atoms with E-state index in [0.29, 0.717) is 27.0 Å². The van der Waals surface area contributed by atoms with Gasteiger partial charge in [0.1, 0.15) is 11.4 Å². The fourth-order valence-electron chi connectivity index (χ4n) is 2.09. The van der Waals surface area contributed by atoms with Gasteiger partial charge >= 0.3 is 5.97 Å². The number of pyridine rings is 1. The maximum Gasteiger partial charge on any atom is 0.339 e. The third-order valence-corrected chi connectivity index (χ3v) is 3.89. The van der Waals surface area contributed by atoms with Crippen LogP contribution in [-0.2, 0) is 0 Å². The molecule has 0 radical (unpaired) electrons. The van der Waals surface area contributed by atoms with Gasteiger partial charge in [0.15, 0.2) is 0 Å². The van der Waals surface area contributed by atoms with E-state index in [1.807, 2.05) is 6.92 Å². The van der Waals surface area contributed by atoms with Gasteiger partial charge in [0.25, 0.3) is 0 Å². The van der Waals surface area contributed by atoms with Crippen molar-refractivity contribution >= 4 is 40.7 Å². The van der Waals surface area contributed by atoms with Gasteiger partial charge in [-0.05, 0) is 44.0 Å². The van der Waals surface area contributed by atoms with Crippen LogP contribution in [0.25, 0.3) is 0 Å². The average Bonchev–Trinajstić information content (AvgIpc) is 2.38. The molecule has 1 heterocycles. The molecule has 1 aromatic heterocycles.